The van der Waals surface area contributed by atoms with Crippen LogP contribution in [0.1, 0.15) is 15.9 Å². The van der Waals surface area contributed by atoms with Gasteiger partial charge in [-0.15, -0.1) is 0 Å². The molecule has 2 rings (SSSR count). The van der Waals surface area contributed by atoms with E-state index in [1.165, 1.54) is 36.5 Å². The summed E-state index contributed by atoms with van der Waals surface area (Å²) in [5.74, 6) is -0.917. The standard InChI is InChI=1S/C13H8Cl2FNO2/c14-11-5-9(6-17-12(11)15)13(18)19-7-8-1-3-10(16)4-2-8/h1-6H,7H2. The molecule has 0 N–H and O–H groups in total. The zero-order chi connectivity index (χ0) is 13.8. The summed E-state index contributed by atoms with van der Waals surface area (Å²) in [6, 6.07) is 7.04. The maximum atomic E-state index is 12.7. The molecule has 6 heteroatoms. The number of benzene rings is 1. The Kier molecular flexibility index (Phi) is 4.35. The van der Waals surface area contributed by atoms with Crippen LogP contribution in [0.2, 0.25) is 10.2 Å². The Labute approximate surface area is 118 Å². The third-order valence-electron chi connectivity index (χ3n) is 2.32. The second-order valence-electron chi connectivity index (χ2n) is 3.70. The van der Waals surface area contributed by atoms with E-state index in [2.05, 4.69) is 4.98 Å². The highest BCUT2D eigenvalue weighted by atomic mass is 35.5. The van der Waals surface area contributed by atoms with Crippen LogP contribution in [0.15, 0.2) is 36.5 Å². The summed E-state index contributed by atoms with van der Waals surface area (Å²) < 4.78 is 17.7. The lowest BCUT2D eigenvalue weighted by molar-refractivity contribution is 0.0472. The number of rotatable bonds is 3. The first kappa shape index (κ1) is 13.8. The Morgan fingerprint density at radius 1 is 1.26 bits per heavy atom. The molecular formula is C13H8Cl2FNO2. The van der Waals surface area contributed by atoms with Crippen LogP contribution in [0.3, 0.4) is 0 Å². The zero-order valence-electron chi connectivity index (χ0n) is 9.57. The van der Waals surface area contributed by atoms with Crippen molar-refractivity contribution in [1.82, 2.24) is 4.98 Å². The average molecular weight is 300 g/mol. The van der Waals surface area contributed by atoms with Crippen molar-refractivity contribution in [2.45, 2.75) is 6.61 Å². The number of carbonyl (C=O) groups is 1. The molecule has 3 nitrogen and oxygen atoms in total. The fraction of sp³-hybridized carbons (Fsp3) is 0.0769. The fourth-order valence-electron chi connectivity index (χ4n) is 1.35. The molecule has 0 fully saturated rings. The van der Waals surface area contributed by atoms with Gasteiger partial charge in [-0.1, -0.05) is 35.3 Å². The van der Waals surface area contributed by atoms with E-state index in [0.29, 0.717) is 5.56 Å². The van der Waals surface area contributed by atoms with E-state index in [1.54, 1.807) is 0 Å². The van der Waals surface area contributed by atoms with Gasteiger partial charge in [0.05, 0.1) is 10.6 Å². The number of hydrogen-bond acceptors (Lipinski definition) is 3. The van der Waals surface area contributed by atoms with Gasteiger partial charge in [0.15, 0.2) is 0 Å². The second kappa shape index (κ2) is 5.99. The molecule has 98 valence electrons. The number of aromatic nitrogens is 1. The first-order chi connectivity index (χ1) is 9.06. The van der Waals surface area contributed by atoms with Crippen LogP contribution in [-0.4, -0.2) is 11.0 Å². The quantitative estimate of drug-likeness (QED) is 0.638. The van der Waals surface area contributed by atoms with Gasteiger partial charge < -0.3 is 4.74 Å². The van der Waals surface area contributed by atoms with Crippen LogP contribution in [0.25, 0.3) is 0 Å². The summed E-state index contributed by atoms with van der Waals surface area (Å²) in [6.45, 7) is 0.0410. The van der Waals surface area contributed by atoms with Crippen LogP contribution in [0, 0.1) is 5.82 Å². The zero-order valence-corrected chi connectivity index (χ0v) is 11.1. The van der Waals surface area contributed by atoms with E-state index in [1.807, 2.05) is 0 Å². The predicted molar refractivity (Wildman–Crippen MR) is 69.8 cm³/mol. The largest absolute Gasteiger partial charge is 0.457 e. The maximum absolute atomic E-state index is 12.7. The van der Waals surface area contributed by atoms with Crippen LogP contribution < -0.4 is 0 Å². The van der Waals surface area contributed by atoms with Gasteiger partial charge in [-0.2, -0.15) is 0 Å². The Morgan fingerprint density at radius 3 is 2.58 bits per heavy atom. The Bertz CT molecular complexity index is 602. The summed E-state index contributed by atoms with van der Waals surface area (Å²) in [7, 11) is 0. The predicted octanol–water partition coefficient (Wildman–Crippen LogP) is 3.88. The van der Waals surface area contributed by atoms with Crippen molar-refractivity contribution in [3.8, 4) is 0 Å². The Hall–Kier alpha value is -1.65. The minimum atomic E-state index is -0.574. The highest BCUT2D eigenvalue weighted by Crippen LogP contribution is 2.20. The van der Waals surface area contributed by atoms with Crippen molar-refractivity contribution >= 4 is 29.2 Å². The van der Waals surface area contributed by atoms with Crippen molar-refractivity contribution < 1.29 is 13.9 Å². The number of carbonyl (C=O) groups excluding carboxylic acids is 1. The lowest BCUT2D eigenvalue weighted by Gasteiger charge is -2.05. The molecule has 0 spiro atoms. The lowest BCUT2D eigenvalue weighted by atomic mass is 10.2. The van der Waals surface area contributed by atoms with E-state index in [9.17, 15) is 9.18 Å². The SMILES string of the molecule is O=C(OCc1ccc(F)cc1)c1cnc(Cl)c(Cl)c1. The minimum absolute atomic E-state index is 0.0410. The minimum Gasteiger partial charge on any atom is -0.457 e. The molecule has 19 heavy (non-hydrogen) atoms. The smallest absolute Gasteiger partial charge is 0.340 e. The van der Waals surface area contributed by atoms with Crippen molar-refractivity contribution in [3.63, 3.8) is 0 Å². The van der Waals surface area contributed by atoms with Crippen LogP contribution in [0.4, 0.5) is 4.39 Å². The number of halogens is 3. The van der Waals surface area contributed by atoms with Crippen molar-refractivity contribution in [3.05, 3.63) is 63.6 Å². The van der Waals surface area contributed by atoms with E-state index in [-0.39, 0.29) is 28.2 Å². The molecular weight excluding hydrogens is 292 g/mol. The number of pyridine rings is 1. The third-order valence-corrected chi connectivity index (χ3v) is 3.00. The van der Waals surface area contributed by atoms with Crippen molar-refractivity contribution in [2.24, 2.45) is 0 Å². The van der Waals surface area contributed by atoms with Gasteiger partial charge in [0.25, 0.3) is 0 Å². The molecule has 0 atom stereocenters. The molecule has 0 aliphatic carbocycles. The molecule has 1 heterocycles. The van der Waals surface area contributed by atoms with Gasteiger partial charge >= 0.3 is 5.97 Å². The lowest BCUT2D eigenvalue weighted by Crippen LogP contribution is -2.05. The van der Waals surface area contributed by atoms with Crippen molar-refractivity contribution in [2.75, 3.05) is 0 Å². The van der Waals surface area contributed by atoms with Crippen LogP contribution in [0.5, 0.6) is 0 Å². The van der Waals surface area contributed by atoms with Gasteiger partial charge in [0.2, 0.25) is 0 Å². The molecule has 0 bridgehead atoms. The van der Waals surface area contributed by atoms with E-state index in [0.717, 1.165) is 0 Å². The average Bonchev–Trinajstić information content (AvgIpc) is 2.41. The van der Waals surface area contributed by atoms with Gasteiger partial charge in [-0.05, 0) is 23.8 Å². The molecule has 0 saturated heterocycles. The Morgan fingerprint density at radius 2 is 1.95 bits per heavy atom. The molecule has 0 saturated carbocycles. The topological polar surface area (TPSA) is 39.2 Å². The normalized spacial score (nSPS) is 10.3. The summed E-state index contributed by atoms with van der Waals surface area (Å²) >= 11 is 11.4. The molecule has 1 aromatic carbocycles. The summed E-state index contributed by atoms with van der Waals surface area (Å²) in [5.41, 5.74) is 0.888. The number of hydrogen-bond donors (Lipinski definition) is 0. The number of ether oxygens (including phenoxy) is 1. The maximum Gasteiger partial charge on any atom is 0.340 e. The highest BCUT2D eigenvalue weighted by Gasteiger charge is 2.10. The van der Waals surface area contributed by atoms with Crippen LogP contribution >= 0.6 is 23.2 Å². The van der Waals surface area contributed by atoms with E-state index >= 15 is 0 Å². The van der Waals surface area contributed by atoms with Crippen LogP contribution in [-0.2, 0) is 11.3 Å². The van der Waals surface area contributed by atoms with Gasteiger partial charge in [0.1, 0.15) is 17.6 Å². The molecule has 2 aromatic rings. The summed E-state index contributed by atoms with van der Waals surface area (Å²) in [5, 5.41) is 0.301. The van der Waals surface area contributed by atoms with E-state index in [4.69, 9.17) is 27.9 Å². The second-order valence-corrected chi connectivity index (χ2v) is 4.46. The summed E-state index contributed by atoms with van der Waals surface area (Å²) in [6.07, 6.45) is 1.28. The molecule has 0 aliphatic heterocycles. The van der Waals surface area contributed by atoms with Gasteiger partial charge in [0, 0.05) is 6.20 Å². The first-order valence-electron chi connectivity index (χ1n) is 5.29. The molecule has 0 aliphatic rings. The fourth-order valence-corrected chi connectivity index (χ4v) is 1.62. The number of nitrogens with zero attached hydrogens (tertiary/aromatic N) is 1. The molecule has 0 radical (unpaired) electrons. The first-order valence-corrected chi connectivity index (χ1v) is 6.04. The van der Waals surface area contributed by atoms with E-state index < -0.39 is 5.97 Å². The number of esters is 1. The monoisotopic (exact) mass is 299 g/mol. The molecule has 0 amide bonds. The third kappa shape index (κ3) is 3.66. The molecule has 0 unspecified atom stereocenters. The Balaban J connectivity index is 2.01. The molecule has 1 aromatic heterocycles. The van der Waals surface area contributed by atoms with Crippen molar-refractivity contribution in [1.29, 1.82) is 0 Å². The van der Waals surface area contributed by atoms with Gasteiger partial charge in [-0.3, -0.25) is 0 Å². The highest BCUT2D eigenvalue weighted by molar-refractivity contribution is 6.41. The van der Waals surface area contributed by atoms with Gasteiger partial charge in [-0.25, -0.2) is 14.2 Å². The summed E-state index contributed by atoms with van der Waals surface area (Å²) in [4.78, 5) is 15.5.